The van der Waals surface area contributed by atoms with Crippen molar-refractivity contribution in [3.05, 3.63) is 35.6 Å². The fourth-order valence-electron chi connectivity index (χ4n) is 2.37. The highest BCUT2D eigenvalue weighted by Crippen LogP contribution is 2.38. The SMILES string of the molecule is Cc1c(C2(CN)COC2)oc2ccccc12. The van der Waals surface area contributed by atoms with Gasteiger partial charge in [-0.2, -0.15) is 0 Å². The van der Waals surface area contributed by atoms with Gasteiger partial charge >= 0.3 is 0 Å². The first-order valence-electron chi connectivity index (χ1n) is 5.53. The van der Waals surface area contributed by atoms with Crippen molar-refractivity contribution in [2.45, 2.75) is 12.3 Å². The lowest BCUT2D eigenvalue weighted by atomic mass is 9.81. The number of furan rings is 1. The summed E-state index contributed by atoms with van der Waals surface area (Å²) in [5.41, 5.74) is 7.90. The lowest BCUT2D eigenvalue weighted by molar-refractivity contribution is -0.0646. The zero-order valence-electron chi connectivity index (χ0n) is 9.32. The Balaban J connectivity index is 2.20. The second-order valence-corrected chi connectivity index (χ2v) is 4.53. The predicted octanol–water partition coefficient (Wildman–Crippen LogP) is 1.97. The molecular weight excluding hydrogens is 202 g/mol. The Morgan fingerprint density at radius 1 is 1.31 bits per heavy atom. The molecule has 0 unspecified atom stereocenters. The molecule has 1 aromatic carbocycles. The first kappa shape index (κ1) is 9.87. The van der Waals surface area contributed by atoms with E-state index in [1.165, 1.54) is 10.9 Å². The van der Waals surface area contributed by atoms with Gasteiger partial charge in [0.15, 0.2) is 0 Å². The van der Waals surface area contributed by atoms with E-state index in [1.54, 1.807) is 0 Å². The maximum Gasteiger partial charge on any atom is 0.134 e. The number of para-hydroxylation sites is 1. The van der Waals surface area contributed by atoms with Crippen LogP contribution in [0.3, 0.4) is 0 Å². The monoisotopic (exact) mass is 217 g/mol. The highest BCUT2D eigenvalue weighted by Gasteiger charge is 2.43. The Kier molecular flexibility index (Phi) is 2.06. The van der Waals surface area contributed by atoms with Crippen molar-refractivity contribution in [2.75, 3.05) is 19.8 Å². The maximum atomic E-state index is 5.94. The van der Waals surface area contributed by atoms with Gasteiger partial charge in [-0.15, -0.1) is 0 Å². The Bertz CT molecular complexity index is 520. The number of rotatable bonds is 2. The van der Waals surface area contributed by atoms with Crippen molar-refractivity contribution >= 4 is 11.0 Å². The molecule has 1 aliphatic rings. The molecule has 2 aromatic rings. The van der Waals surface area contributed by atoms with E-state index in [0.29, 0.717) is 19.8 Å². The standard InChI is InChI=1S/C13H15NO2/c1-9-10-4-2-3-5-11(10)16-12(9)13(6-14)7-15-8-13/h2-5H,6-8,14H2,1H3. The third kappa shape index (κ3) is 1.16. The first-order valence-corrected chi connectivity index (χ1v) is 5.53. The molecule has 0 amide bonds. The quantitative estimate of drug-likeness (QED) is 0.836. The number of nitrogens with two attached hydrogens (primary N) is 1. The Labute approximate surface area is 94.2 Å². The summed E-state index contributed by atoms with van der Waals surface area (Å²) in [6.45, 7) is 4.01. The molecule has 0 aliphatic carbocycles. The summed E-state index contributed by atoms with van der Waals surface area (Å²) in [6, 6.07) is 8.10. The number of hydrogen-bond acceptors (Lipinski definition) is 3. The third-order valence-electron chi connectivity index (χ3n) is 3.47. The van der Waals surface area contributed by atoms with E-state index in [4.69, 9.17) is 14.9 Å². The molecule has 0 radical (unpaired) electrons. The number of ether oxygens (including phenoxy) is 1. The molecule has 3 heteroatoms. The maximum absolute atomic E-state index is 5.94. The van der Waals surface area contributed by atoms with Gasteiger partial charge in [0, 0.05) is 11.9 Å². The highest BCUT2D eigenvalue weighted by atomic mass is 16.5. The van der Waals surface area contributed by atoms with Crippen molar-refractivity contribution < 1.29 is 9.15 Å². The Morgan fingerprint density at radius 2 is 2.06 bits per heavy atom. The molecule has 1 fully saturated rings. The molecule has 3 nitrogen and oxygen atoms in total. The number of fused-ring (bicyclic) bond motifs is 1. The summed E-state index contributed by atoms with van der Waals surface area (Å²) in [6.07, 6.45) is 0. The van der Waals surface area contributed by atoms with Crippen LogP contribution in [0.1, 0.15) is 11.3 Å². The molecule has 1 saturated heterocycles. The van der Waals surface area contributed by atoms with Gasteiger partial charge in [-0.25, -0.2) is 0 Å². The average molecular weight is 217 g/mol. The minimum absolute atomic E-state index is 0.0941. The molecule has 2 N–H and O–H groups in total. The minimum Gasteiger partial charge on any atom is -0.460 e. The summed E-state index contributed by atoms with van der Waals surface area (Å²) in [7, 11) is 0. The van der Waals surface area contributed by atoms with Gasteiger partial charge in [0.25, 0.3) is 0 Å². The van der Waals surface area contributed by atoms with E-state index in [1.807, 2.05) is 18.2 Å². The molecule has 1 aliphatic heterocycles. The van der Waals surface area contributed by atoms with E-state index in [2.05, 4.69) is 13.0 Å². The van der Waals surface area contributed by atoms with Crippen LogP contribution in [0, 0.1) is 6.92 Å². The minimum atomic E-state index is -0.0941. The summed E-state index contributed by atoms with van der Waals surface area (Å²) >= 11 is 0. The topological polar surface area (TPSA) is 48.4 Å². The molecule has 84 valence electrons. The fourth-order valence-corrected chi connectivity index (χ4v) is 2.37. The van der Waals surface area contributed by atoms with Gasteiger partial charge in [0.2, 0.25) is 0 Å². The van der Waals surface area contributed by atoms with Crippen LogP contribution < -0.4 is 5.73 Å². The largest absolute Gasteiger partial charge is 0.460 e. The van der Waals surface area contributed by atoms with Crippen LogP contribution in [0.5, 0.6) is 0 Å². The summed E-state index contributed by atoms with van der Waals surface area (Å²) in [5, 5.41) is 1.18. The van der Waals surface area contributed by atoms with Gasteiger partial charge in [-0.1, -0.05) is 18.2 Å². The zero-order chi connectivity index (χ0) is 11.2. The van der Waals surface area contributed by atoms with Crippen LogP contribution in [-0.4, -0.2) is 19.8 Å². The molecular formula is C13H15NO2. The predicted molar refractivity (Wildman–Crippen MR) is 62.5 cm³/mol. The second kappa shape index (κ2) is 3.34. The lowest BCUT2D eigenvalue weighted by Crippen LogP contribution is -2.52. The van der Waals surface area contributed by atoms with Gasteiger partial charge in [0.05, 0.1) is 18.6 Å². The van der Waals surface area contributed by atoms with E-state index in [9.17, 15) is 0 Å². The first-order chi connectivity index (χ1) is 7.77. The van der Waals surface area contributed by atoms with Crippen LogP contribution in [0.15, 0.2) is 28.7 Å². The lowest BCUT2D eigenvalue weighted by Gasteiger charge is -2.39. The van der Waals surface area contributed by atoms with Crippen molar-refractivity contribution in [3.8, 4) is 0 Å². The Morgan fingerprint density at radius 3 is 2.62 bits per heavy atom. The highest BCUT2D eigenvalue weighted by molar-refractivity contribution is 5.82. The Hall–Kier alpha value is -1.32. The van der Waals surface area contributed by atoms with Crippen LogP contribution in [0.4, 0.5) is 0 Å². The van der Waals surface area contributed by atoms with Crippen LogP contribution in [0.25, 0.3) is 11.0 Å². The van der Waals surface area contributed by atoms with E-state index >= 15 is 0 Å². The van der Waals surface area contributed by atoms with E-state index in [-0.39, 0.29) is 5.41 Å². The summed E-state index contributed by atoms with van der Waals surface area (Å²) < 4.78 is 11.2. The molecule has 0 spiro atoms. The fraction of sp³-hybridized carbons (Fsp3) is 0.385. The number of benzene rings is 1. The average Bonchev–Trinajstić information content (AvgIpc) is 2.57. The second-order valence-electron chi connectivity index (χ2n) is 4.53. The van der Waals surface area contributed by atoms with Crippen molar-refractivity contribution in [1.29, 1.82) is 0 Å². The third-order valence-corrected chi connectivity index (χ3v) is 3.47. The van der Waals surface area contributed by atoms with Gasteiger partial charge < -0.3 is 14.9 Å². The normalized spacial score (nSPS) is 18.6. The number of hydrogen-bond donors (Lipinski definition) is 1. The summed E-state index contributed by atoms with van der Waals surface area (Å²) in [5.74, 6) is 1.00. The zero-order valence-corrected chi connectivity index (χ0v) is 9.32. The van der Waals surface area contributed by atoms with Gasteiger partial charge in [-0.05, 0) is 18.6 Å². The molecule has 0 bridgehead atoms. The molecule has 0 atom stereocenters. The number of aryl methyl sites for hydroxylation is 1. The van der Waals surface area contributed by atoms with Crippen molar-refractivity contribution in [1.82, 2.24) is 0 Å². The van der Waals surface area contributed by atoms with Crippen molar-refractivity contribution in [3.63, 3.8) is 0 Å². The molecule has 2 heterocycles. The molecule has 16 heavy (non-hydrogen) atoms. The van der Waals surface area contributed by atoms with Crippen molar-refractivity contribution in [2.24, 2.45) is 5.73 Å². The molecule has 0 saturated carbocycles. The van der Waals surface area contributed by atoms with Crippen LogP contribution in [0.2, 0.25) is 0 Å². The van der Waals surface area contributed by atoms with Gasteiger partial charge in [-0.3, -0.25) is 0 Å². The molecule has 1 aromatic heterocycles. The van der Waals surface area contributed by atoms with E-state index < -0.39 is 0 Å². The summed E-state index contributed by atoms with van der Waals surface area (Å²) in [4.78, 5) is 0. The smallest absolute Gasteiger partial charge is 0.134 e. The van der Waals surface area contributed by atoms with Crippen LogP contribution >= 0.6 is 0 Å². The van der Waals surface area contributed by atoms with E-state index in [0.717, 1.165) is 11.3 Å². The molecule has 3 rings (SSSR count). The van der Waals surface area contributed by atoms with Gasteiger partial charge in [0.1, 0.15) is 11.3 Å². The van der Waals surface area contributed by atoms with Crippen LogP contribution in [-0.2, 0) is 10.2 Å².